The molecule has 1 aromatic carbocycles. The maximum atomic E-state index is 12.3. The van der Waals surface area contributed by atoms with Crippen molar-refractivity contribution in [3.63, 3.8) is 0 Å². The minimum Gasteiger partial charge on any atom is -0.493 e. The molecule has 0 heterocycles. The van der Waals surface area contributed by atoms with Crippen LogP contribution in [-0.2, 0) is 4.79 Å². The Labute approximate surface area is 147 Å². The lowest BCUT2D eigenvalue weighted by molar-refractivity contribution is -0.117. The molecule has 0 radical (unpaired) electrons. The molecular weight excluding hydrogens is 328 g/mol. The highest BCUT2D eigenvalue weighted by atomic mass is 35.5. The quantitative estimate of drug-likeness (QED) is 0.628. The molecule has 1 aromatic rings. The average molecular weight is 349 g/mol. The number of amides is 1. The lowest BCUT2D eigenvalue weighted by Gasteiger charge is -2.13. The third kappa shape index (κ3) is 4.42. The van der Waals surface area contributed by atoms with Gasteiger partial charge in [0.1, 0.15) is 11.6 Å². The summed E-state index contributed by atoms with van der Waals surface area (Å²) in [7, 11) is 1.53. The van der Waals surface area contributed by atoms with Crippen LogP contribution in [-0.4, -0.2) is 25.7 Å². The molecule has 0 saturated heterocycles. The summed E-state index contributed by atoms with van der Waals surface area (Å²) < 4.78 is 10.7. The van der Waals surface area contributed by atoms with Crippen LogP contribution in [0.15, 0.2) is 17.7 Å². The minimum atomic E-state index is -0.366. The molecule has 1 aliphatic rings. The highest BCUT2D eigenvalue weighted by Crippen LogP contribution is 2.34. The van der Waals surface area contributed by atoms with Crippen LogP contribution in [0.5, 0.6) is 11.5 Å². The zero-order chi connectivity index (χ0) is 17.5. The molecule has 0 aliphatic heterocycles. The molecule has 0 spiro atoms. The Kier molecular flexibility index (Phi) is 6.51. The van der Waals surface area contributed by atoms with E-state index in [1.807, 2.05) is 13.0 Å². The Morgan fingerprint density at radius 1 is 1.42 bits per heavy atom. The molecule has 2 rings (SSSR count). The number of hydrogen-bond donors (Lipinski definition) is 1. The van der Waals surface area contributed by atoms with Crippen molar-refractivity contribution in [2.75, 3.05) is 13.7 Å². The number of hydrogen-bond acceptors (Lipinski definition) is 4. The van der Waals surface area contributed by atoms with Crippen LogP contribution in [0.25, 0.3) is 6.08 Å². The number of nitrogens with zero attached hydrogens (tertiary/aromatic N) is 1. The van der Waals surface area contributed by atoms with Crippen molar-refractivity contribution >= 4 is 23.6 Å². The maximum absolute atomic E-state index is 12.3. The maximum Gasteiger partial charge on any atom is 0.262 e. The summed E-state index contributed by atoms with van der Waals surface area (Å²) in [6, 6.07) is 5.39. The normalized spacial score (nSPS) is 15.0. The molecule has 1 fully saturated rings. The van der Waals surface area contributed by atoms with Gasteiger partial charge in [-0.15, -0.1) is 0 Å². The van der Waals surface area contributed by atoms with E-state index in [0.717, 1.165) is 25.7 Å². The number of rotatable bonds is 6. The molecule has 1 saturated carbocycles. The second-order valence-corrected chi connectivity index (χ2v) is 5.99. The van der Waals surface area contributed by atoms with Crippen LogP contribution in [0.1, 0.15) is 38.2 Å². The summed E-state index contributed by atoms with van der Waals surface area (Å²) in [4.78, 5) is 12.3. The van der Waals surface area contributed by atoms with Crippen molar-refractivity contribution in [3.8, 4) is 17.6 Å². The second kappa shape index (κ2) is 8.60. The standard InChI is InChI=1S/C18H21ClN2O3/c1-3-24-17-9-12(15(19)10-16(17)23-2)8-13(11-20)18(22)21-14-6-4-5-7-14/h8-10,14H,3-7H2,1-2H3,(H,21,22)/b13-8-. The predicted octanol–water partition coefficient (Wildman–Crippen LogP) is 3.71. The summed E-state index contributed by atoms with van der Waals surface area (Å²) >= 11 is 6.24. The van der Waals surface area contributed by atoms with Gasteiger partial charge in [-0.05, 0) is 37.5 Å². The van der Waals surface area contributed by atoms with Gasteiger partial charge in [0.25, 0.3) is 5.91 Å². The summed E-state index contributed by atoms with van der Waals surface area (Å²) in [6.45, 7) is 2.33. The van der Waals surface area contributed by atoms with E-state index in [1.165, 1.54) is 13.2 Å². The first kappa shape index (κ1) is 18.2. The third-order valence-electron chi connectivity index (χ3n) is 3.94. The van der Waals surface area contributed by atoms with Crippen molar-refractivity contribution in [2.24, 2.45) is 0 Å². The fraction of sp³-hybridized carbons (Fsp3) is 0.444. The first-order chi connectivity index (χ1) is 11.6. The smallest absolute Gasteiger partial charge is 0.262 e. The fourth-order valence-electron chi connectivity index (χ4n) is 2.73. The first-order valence-electron chi connectivity index (χ1n) is 8.02. The van der Waals surface area contributed by atoms with Crippen LogP contribution in [0.3, 0.4) is 0 Å². The van der Waals surface area contributed by atoms with E-state index in [0.29, 0.717) is 28.7 Å². The van der Waals surface area contributed by atoms with Gasteiger partial charge in [0.05, 0.1) is 18.7 Å². The van der Waals surface area contributed by atoms with Crippen LogP contribution < -0.4 is 14.8 Å². The number of ether oxygens (including phenoxy) is 2. The van der Waals surface area contributed by atoms with E-state index in [1.54, 1.807) is 12.1 Å². The predicted molar refractivity (Wildman–Crippen MR) is 93.2 cm³/mol. The zero-order valence-electron chi connectivity index (χ0n) is 13.9. The topological polar surface area (TPSA) is 71.3 Å². The van der Waals surface area contributed by atoms with E-state index in [9.17, 15) is 10.1 Å². The molecule has 6 heteroatoms. The van der Waals surface area contributed by atoms with E-state index in [2.05, 4.69) is 5.32 Å². The minimum absolute atomic E-state index is 0.0245. The number of carbonyl (C=O) groups is 1. The van der Waals surface area contributed by atoms with Crippen LogP contribution in [0.4, 0.5) is 0 Å². The molecule has 1 aliphatic carbocycles. The van der Waals surface area contributed by atoms with Crippen molar-refractivity contribution in [3.05, 3.63) is 28.3 Å². The summed E-state index contributed by atoms with van der Waals surface area (Å²) in [5, 5.41) is 12.6. The third-order valence-corrected chi connectivity index (χ3v) is 4.27. The molecule has 0 bridgehead atoms. The highest BCUT2D eigenvalue weighted by molar-refractivity contribution is 6.32. The van der Waals surface area contributed by atoms with E-state index >= 15 is 0 Å². The largest absolute Gasteiger partial charge is 0.493 e. The molecule has 0 atom stereocenters. The molecule has 24 heavy (non-hydrogen) atoms. The zero-order valence-corrected chi connectivity index (χ0v) is 14.7. The number of carbonyl (C=O) groups excluding carboxylic acids is 1. The number of nitriles is 1. The number of nitrogens with one attached hydrogen (secondary N) is 1. The monoisotopic (exact) mass is 348 g/mol. The number of methoxy groups -OCH3 is 1. The van der Waals surface area contributed by atoms with Gasteiger partial charge < -0.3 is 14.8 Å². The Morgan fingerprint density at radius 3 is 2.71 bits per heavy atom. The average Bonchev–Trinajstić information content (AvgIpc) is 3.07. The Bertz CT molecular complexity index is 674. The molecule has 1 amide bonds. The van der Waals surface area contributed by atoms with Crippen LogP contribution >= 0.6 is 11.6 Å². The molecule has 128 valence electrons. The van der Waals surface area contributed by atoms with Gasteiger partial charge in [0.2, 0.25) is 0 Å². The van der Waals surface area contributed by atoms with Crippen molar-refractivity contribution in [1.82, 2.24) is 5.32 Å². The van der Waals surface area contributed by atoms with Gasteiger partial charge in [-0.25, -0.2) is 0 Å². The molecule has 1 N–H and O–H groups in total. The SMILES string of the molecule is CCOc1cc(/C=C(/C#N)C(=O)NC2CCCC2)c(Cl)cc1OC. The van der Waals surface area contributed by atoms with Crippen molar-refractivity contribution in [1.29, 1.82) is 5.26 Å². The van der Waals surface area contributed by atoms with E-state index < -0.39 is 0 Å². The van der Waals surface area contributed by atoms with Gasteiger partial charge in [0.15, 0.2) is 11.5 Å². The number of halogens is 1. The Morgan fingerprint density at radius 2 is 2.12 bits per heavy atom. The molecule has 5 nitrogen and oxygen atoms in total. The van der Waals surface area contributed by atoms with Crippen LogP contribution in [0, 0.1) is 11.3 Å². The molecule has 0 unspecified atom stereocenters. The second-order valence-electron chi connectivity index (χ2n) is 5.58. The highest BCUT2D eigenvalue weighted by Gasteiger charge is 2.20. The van der Waals surface area contributed by atoms with E-state index in [4.69, 9.17) is 21.1 Å². The van der Waals surface area contributed by atoms with Gasteiger partial charge >= 0.3 is 0 Å². The summed E-state index contributed by atoms with van der Waals surface area (Å²) in [6.07, 6.45) is 5.62. The Hall–Kier alpha value is -2.19. The van der Waals surface area contributed by atoms with Gasteiger partial charge in [-0.3, -0.25) is 4.79 Å². The van der Waals surface area contributed by atoms with Gasteiger partial charge in [-0.2, -0.15) is 5.26 Å². The first-order valence-corrected chi connectivity index (χ1v) is 8.39. The van der Waals surface area contributed by atoms with E-state index in [-0.39, 0.29) is 17.5 Å². The summed E-state index contributed by atoms with van der Waals surface area (Å²) in [5.41, 5.74) is 0.565. The Balaban J connectivity index is 2.27. The van der Waals surface area contributed by atoms with Gasteiger partial charge in [-0.1, -0.05) is 24.4 Å². The lowest BCUT2D eigenvalue weighted by Crippen LogP contribution is -2.33. The van der Waals surface area contributed by atoms with Crippen molar-refractivity contribution in [2.45, 2.75) is 38.6 Å². The lowest BCUT2D eigenvalue weighted by atomic mass is 10.1. The summed E-state index contributed by atoms with van der Waals surface area (Å²) in [5.74, 6) is 0.659. The van der Waals surface area contributed by atoms with Crippen molar-refractivity contribution < 1.29 is 14.3 Å². The fourth-order valence-corrected chi connectivity index (χ4v) is 2.93. The number of benzene rings is 1. The van der Waals surface area contributed by atoms with Crippen LogP contribution in [0.2, 0.25) is 5.02 Å². The molecular formula is C18H21ClN2O3. The van der Waals surface area contributed by atoms with Gasteiger partial charge in [0, 0.05) is 12.1 Å². The molecule has 0 aromatic heterocycles.